The molecule has 6 heteroatoms. The molecular formula is C21H41N3O3. The Morgan fingerprint density at radius 2 is 1.67 bits per heavy atom. The maximum absolute atomic E-state index is 12.7. The van der Waals surface area contributed by atoms with Crippen molar-refractivity contribution in [1.29, 1.82) is 0 Å². The third-order valence-corrected chi connectivity index (χ3v) is 4.97. The maximum atomic E-state index is 12.7. The van der Waals surface area contributed by atoms with Crippen molar-refractivity contribution < 1.29 is 14.3 Å². The number of carbonyl (C=O) groups is 2. The molecule has 3 N–H and O–H groups in total. The van der Waals surface area contributed by atoms with Gasteiger partial charge in [0.15, 0.2) is 0 Å². The second kappa shape index (κ2) is 13.0. The van der Waals surface area contributed by atoms with Crippen LogP contribution in [-0.4, -0.2) is 43.8 Å². The summed E-state index contributed by atoms with van der Waals surface area (Å²) in [6, 6.07) is -0.537. The summed E-state index contributed by atoms with van der Waals surface area (Å²) in [7, 11) is 1.91. The average molecular weight is 384 g/mol. The molecule has 1 unspecified atom stereocenters. The smallest absolute Gasteiger partial charge is 0.408 e. The molecule has 0 heterocycles. The van der Waals surface area contributed by atoms with Crippen LogP contribution in [0.3, 0.4) is 0 Å². The van der Waals surface area contributed by atoms with Crippen LogP contribution >= 0.6 is 0 Å². The summed E-state index contributed by atoms with van der Waals surface area (Å²) in [6.07, 6.45) is 10.8. The summed E-state index contributed by atoms with van der Waals surface area (Å²) in [5.74, 6) is 0.466. The highest BCUT2D eigenvalue weighted by molar-refractivity contribution is 5.85. The van der Waals surface area contributed by atoms with Crippen molar-refractivity contribution in [2.24, 2.45) is 5.92 Å². The molecule has 0 saturated heterocycles. The predicted octanol–water partition coefficient (Wildman–Crippen LogP) is 3.75. The molecule has 1 aliphatic carbocycles. The van der Waals surface area contributed by atoms with E-state index in [0.29, 0.717) is 18.9 Å². The van der Waals surface area contributed by atoms with Crippen LogP contribution in [0.2, 0.25) is 0 Å². The van der Waals surface area contributed by atoms with Crippen molar-refractivity contribution in [3.63, 3.8) is 0 Å². The molecule has 1 fully saturated rings. The molecule has 2 amide bonds. The SMILES string of the molecule is CNCCCCC(NC(=O)OC(C)(C)C)C(=O)NCC1CCCCCCC1. The van der Waals surface area contributed by atoms with Gasteiger partial charge in [0.05, 0.1) is 0 Å². The molecule has 158 valence electrons. The topological polar surface area (TPSA) is 79.5 Å². The van der Waals surface area contributed by atoms with E-state index < -0.39 is 17.7 Å². The van der Waals surface area contributed by atoms with Gasteiger partial charge in [-0.25, -0.2) is 4.79 Å². The van der Waals surface area contributed by atoms with E-state index in [4.69, 9.17) is 4.74 Å². The van der Waals surface area contributed by atoms with Gasteiger partial charge in [-0.05, 0) is 72.4 Å². The molecule has 0 radical (unpaired) electrons. The van der Waals surface area contributed by atoms with Gasteiger partial charge in [-0.3, -0.25) is 4.79 Å². The molecular weight excluding hydrogens is 342 g/mol. The van der Waals surface area contributed by atoms with Crippen LogP contribution < -0.4 is 16.0 Å². The van der Waals surface area contributed by atoms with Crippen molar-refractivity contribution in [2.75, 3.05) is 20.1 Å². The zero-order valence-corrected chi connectivity index (χ0v) is 17.9. The summed E-state index contributed by atoms with van der Waals surface area (Å²) >= 11 is 0. The number of amides is 2. The minimum atomic E-state index is -0.573. The number of nitrogens with one attached hydrogen (secondary N) is 3. The fourth-order valence-corrected chi connectivity index (χ4v) is 3.48. The van der Waals surface area contributed by atoms with Crippen molar-refractivity contribution >= 4 is 12.0 Å². The summed E-state index contributed by atoms with van der Waals surface area (Å²) in [5, 5.41) is 8.96. The molecule has 1 rings (SSSR count). The molecule has 0 bridgehead atoms. The number of rotatable bonds is 9. The second-order valence-corrected chi connectivity index (χ2v) is 8.75. The van der Waals surface area contributed by atoms with E-state index in [0.717, 1.165) is 19.4 Å². The predicted molar refractivity (Wildman–Crippen MR) is 110 cm³/mol. The molecule has 0 aromatic rings. The number of ether oxygens (including phenoxy) is 1. The zero-order chi connectivity index (χ0) is 20.1. The molecule has 0 aliphatic heterocycles. The van der Waals surface area contributed by atoms with Crippen molar-refractivity contribution in [2.45, 2.75) is 96.6 Å². The summed E-state index contributed by atoms with van der Waals surface area (Å²) in [4.78, 5) is 24.8. The molecule has 1 saturated carbocycles. The molecule has 6 nitrogen and oxygen atoms in total. The first-order valence-electron chi connectivity index (χ1n) is 10.7. The lowest BCUT2D eigenvalue weighted by atomic mass is 9.91. The number of carbonyl (C=O) groups excluding carboxylic acids is 2. The van der Waals surface area contributed by atoms with E-state index in [2.05, 4.69) is 16.0 Å². The monoisotopic (exact) mass is 383 g/mol. The average Bonchev–Trinajstić information content (AvgIpc) is 2.54. The second-order valence-electron chi connectivity index (χ2n) is 8.75. The van der Waals surface area contributed by atoms with Gasteiger partial charge in [-0.15, -0.1) is 0 Å². The van der Waals surface area contributed by atoms with Crippen LogP contribution in [-0.2, 0) is 9.53 Å². The van der Waals surface area contributed by atoms with E-state index in [1.807, 2.05) is 27.8 Å². The zero-order valence-electron chi connectivity index (χ0n) is 17.9. The molecule has 0 aromatic heterocycles. The maximum Gasteiger partial charge on any atom is 0.408 e. The van der Waals surface area contributed by atoms with E-state index in [9.17, 15) is 9.59 Å². The van der Waals surface area contributed by atoms with Crippen molar-refractivity contribution in [1.82, 2.24) is 16.0 Å². The number of hydrogen-bond donors (Lipinski definition) is 3. The molecule has 1 atom stereocenters. The standard InChI is InChI=1S/C21H41N3O3/c1-21(2,3)27-20(26)24-18(14-10-11-15-22-4)19(25)23-16-17-12-8-6-5-7-9-13-17/h17-18,22H,5-16H2,1-4H3,(H,23,25)(H,24,26). The van der Waals surface area contributed by atoms with Crippen LogP contribution in [0.4, 0.5) is 4.79 Å². The van der Waals surface area contributed by atoms with Crippen LogP contribution in [0, 0.1) is 5.92 Å². The van der Waals surface area contributed by atoms with E-state index >= 15 is 0 Å². The highest BCUT2D eigenvalue weighted by Gasteiger charge is 2.24. The number of hydrogen-bond acceptors (Lipinski definition) is 4. The Bertz CT molecular complexity index is 427. The Morgan fingerprint density at radius 1 is 1.04 bits per heavy atom. The van der Waals surface area contributed by atoms with E-state index in [1.54, 1.807) is 0 Å². The lowest BCUT2D eigenvalue weighted by Gasteiger charge is -2.25. The van der Waals surface area contributed by atoms with Crippen molar-refractivity contribution in [3.05, 3.63) is 0 Å². The van der Waals surface area contributed by atoms with E-state index in [-0.39, 0.29) is 5.91 Å². The Labute approximate surface area is 165 Å². The first kappa shape index (κ1) is 23.7. The van der Waals surface area contributed by atoms with Crippen LogP contribution in [0.1, 0.15) is 85.0 Å². The van der Waals surface area contributed by atoms with Gasteiger partial charge in [0, 0.05) is 6.54 Å². The summed E-state index contributed by atoms with van der Waals surface area (Å²) in [5.41, 5.74) is -0.573. The third-order valence-electron chi connectivity index (χ3n) is 4.97. The van der Waals surface area contributed by atoms with Crippen LogP contribution in [0.25, 0.3) is 0 Å². The molecule has 0 spiro atoms. The van der Waals surface area contributed by atoms with Gasteiger partial charge in [0.2, 0.25) is 5.91 Å². The largest absolute Gasteiger partial charge is 0.444 e. The van der Waals surface area contributed by atoms with Crippen molar-refractivity contribution in [3.8, 4) is 0 Å². The first-order valence-corrected chi connectivity index (χ1v) is 10.7. The third kappa shape index (κ3) is 11.9. The first-order chi connectivity index (χ1) is 12.8. The van der Waals surface area contributed by atoms with Gasteiger partial charge in [0.25, 0.3) is 0 Å². The van der Waals surface area contributed by atoms with Crippen LogP contribution in [0.5, 0.6) is 0 Å². The highest BCUT2D eigenvalue weighted by Crippen LogP contribution is 2.21. The fraction of sp³-hybridized carbons (Fsp3) is 0.905. The lowest BCUT2D eigenvalue weighted by Crippen LogP contribution is -2.49. The molecule has 1 aliphatic rings. The van der Waals surface area contributed by atoms with Gasteiger partial charge in [-0.1, -0.05) is 32.1 Å². The molecule has 0 aromatic carbocycles. The number of alkyl carbamates (subject to hydrolysis) is 1. The molecule has 27 heavy (non-hydrogen) atoms. The van der Waals surface area contributed by atoms with Crippen LogP contribution in [0.15, 0.2) is 0 Å². The van der Waals surface area contributed by atoms with Gasteiger partial charge in [-0.2, -0.15) is 0 Å². The van der Waals surface area contributed by atoms with E-state index in [1.165, 1.54) is 44.9 Å². The highest BCUT2D eigenvalue weighted by atomic mass is 16.6. The lowest BCUT2D eigenvalue weighted by molar-refractivity contribution is -0.123. The fourth-order valence-electron chi connectivity index (χ4n) is 3.48. The van der Waals surface area contributed by atoms with Gasteiger partial charge in [0.1, 0.15) is 11.6 Å². The minimum absolute atomic E-state index is 0.0904. The Balaban J connectivity index is 2.52. The van der Waals surface area contributed by atoms with Gasteiger partial charge < -0.3 is 20.7 Å². The Kier molecular flexibility index (Phi) is 11.4. The number of unbranched alkanes of at least 4 members (excludes halogenated alkanes) is 1. The Hall–Kier alpha value is -1.30. The summed E-state index contributed by atoms with van der Waals surface area (Å²) < 4.78 is 5.33. The Morgan fingerprint density at radius 3 is 2.26 bits per heavy atom. The van der Waals surface area contributed by atoms with Gasteiger partial charge >= 0.3 is 6.09 Å². The minimum Gasteiger partial charge on any atom is -0.444 e. The quantitative estimate of drug-likeness (QED) is 0.530. The normalized spacial score (nSPS) is 17.5. The summed E-state index contributed by atoms with van der Waals surface area (Å²) in [6.45, 7) is 7.08.